The van der Waals surface area contributed by atoms with Crippen LogP contribution >= 0.6 is 0 Å². The van der Waals surface area contributed by atoms with E-state index in [1.807, 2.05) is 12.1 Å². The number of hydrogen-bond donors (Lipinski definition) is 1. The number of alkyl halides is 3. The van der Waals surface area contributed by atoms with Gasteiger partial charge >= 0.3 is 6.36 Å². The third-order valence-electron chi connectivity index (χ3n) is 7.46. The summed E-state index contributed by atoms with van der Waals surface area (Å²) >= 11 is 0. The minimum absolute atomic E-state index is 0.138. The summed E-state index contributed by atoms with van der Waals surface area (Å²) in [5.74, 6) is -0.200. The lowest BCUT2D eigenvalue weighted by molar-refractivity contribution is -0.274. The van der Waals surface area contributed by atoms with Gasteiger partial charge in [0.25, 0.3) is 0 Å². The van der Waals surface area contributed by atoms with Crippen LogP contribution in [-0.4, -0.2) is 69.5 Å². The standard InChI is InChI=1S/C29H37F3N4O4/c1-21(37)33-23-12-13-24(27(20-23)39-2)35-17-14-34(15-18-35)16-19-36(28(38)22-8-4-3-5-9-22)25-10-6-7-11-26(25)40-29(30,31)32/h6-7,10-13,20,22H,3-5,8-9,14-19H2,1-2H3,(H,33,37). The number of benzene rings is 2. The topological polar surface area (TPSA) is 74.4 Å². The van der Waals surface area contributed by atoms with Crippen LogP contribution in [0.2, 0.25) is 0 Å². The van der Waals surface area contributed by atoms with Crippen LogP contribution in [0.3, 0.4) is 0 Å². The predicted octanol–water partition coefficient (Wildman–Crippen LogP) is 5.29. The van der Waals surface area contributed by atoms with Crippen molar-refractivity contribution < 1.29 is 32.2 Å². The molecule has 11 heteroatoms. The lowest BCUT2D eigenvalue weighted by atomic mass is 9.88. The summed E-state index contributed by atoms with van der Waals surface area (Å²) in [6.07, 6.45) is -0.391. The van der Waals surface area contributed by atoms with E-state index in [1.165, 1.54) is 30.0 Å². The van der Waals surface area contributed by atoms with Crippen molar-refractivity contribution in [2.24, 2.45) is 5.92 Å². The fourth-order valence-electron chi connectivity index (χ4n) is 5.48. The molecule has 218 valence electrons. The second-order valence-electron chi connectivity index (χ2n) is 10.2. The Hall–Kier alpha value is -3.47. The molecule has 8 nitrogen and oxygen atoms in total. The monoisotopic (exact) mass is 562 g/mol. The van der Waals surface area contributed by atoms with Crippen molar-refractivity contribution in [1.29, 1.82) is 0 Å². The van der Waals surface area contributed by atoms with Gasteiger partial charge in [-0.3, -0.25) is 14.5 Å². The number of hydrogen-bond acceptors (Lipinski definition) is 6. The summed E-state index contributed by atoms with van der Waals surface area (Å²) in [7, 11) is 1.59. The number of para-hydroxylation sites is 2. The number of piperazine rings is 1. The highest BCUT2D eigenvalue weighted by Crippen LogP contribution is 2.36. The maximum atomic E-state index is 13.6. The van der Waals surface area contributed by atoms with Crippen LogP contribution in [0.25, 0.3) is 0 Å². The van der Waals surface area contributed by atoms with E-state index in [0.717, 1.165) is 37.8 Å². The Bertz CT molecular complexity index is 1160. The van der Waals surface area contributed by atoms with E-state index in [2.05, 4.69) is 19.9 Å². The quantitative estimate of drug-likeness (QED) is 0.448. The summed E-state index contributed by atoms with van der Waals surface area (Å²) in [6, 6.07) is 11.4. The Morgan fingerprint density at radius 2 is 1.70 bits per heavy atom. The van der Waals surface area contributed by atoms with Gasteiger partial charge in [0.2, 0.25) is 11.8 Å². The maximum Gasteiger partial charge on any atom is 0.573 e. The number of carbonyl (C=O) groups is 2. The fourth-order valence-corrected chi connectivity index (χ4v) is 5.48. The number of ether oxygens (including phenoxy) is 2. The Balaban J connectivity index is 1.44. The number of nitrogens with one attached hydrogen (secondary N) is 1. The van der Waals surface area contributed by atoms with E-state index >= 15 is 0 Å². The molecule has 0 bridgehead atoms. The summed E-state index contributed by atoms with van der Waals surface area (Å²) in [5, 5.41) is 2.76. The third kappa shape index (κ3) is 7.80. The molecule has 2 aromatic carbocycles. The molecule has 0 radical (unpaired) electrons. The number of rotatable bonds is 9. The Morgan fingerprint density at radius 3 is 2.35 bits per heavy atom. The third-order valence-corrected chi connectivity index (χ3v) is 7.46. The van der Waals surface area contributed by atoms with Crippen LogP contribution in [0.1, 0.15) is 39.0 Å². The van der Waals surface area contributed by atoms with Crippen molar-refractivity contribution in [3.63, 3.8) is 0 Å². The van der Waals surface area contributed by atoms with E-state index in [-0.39, 0.29) is 35.7 Å². The zero-order valence-corrected chi connectivity index (χ0v) is 23.0. The minimum Gasteiger partial charge on any atom is -0.495 e. The SMILES string of the molecule is COc1cc(NC(C)=O)ccc1N1CCN(CCN(C(=O)C2CCCCC2)c2ccccc2OC(F)(F)F)CC1. The fraction of sp³-hybridized carbons (Fsp3) is 0.517. The Labute approximate surface area is 233 Å². The van der Waals surface area contributed by atoms with Crippen LogP contribution in [0, 0.1) is 5.92 Å². The molecule has 2 fully saturated rings. The molecule has 2 aliphatic rings. The van der Waals surface area contributed by atoms with Gasteiger partial charge < -0.3 is 24.6 Å². The van der Waals surface area contributed by atoms with Gasteiger partial charge in [-0.1, -0.05) is 31.4 Å². The second-order valence-corrected chi connectivity index (χ2v) is 10.2. The smallest absolute Gasteiger partial charge is 0.495 e. The normalized spacial score (nSPS) is 16.9. The van der Waals surface area contributed by atoms with Crippen LogP contribution < -0.4 is 24.6 Å². The van der Waals surface area contributed by atoms with Gasteiger partial charge in [-0.2, -0.15) is 0 Å². The molecule has 0 spiro atoms. The van der Waals surface area contributed by atoms with Gasteiger partial charge in [-0.05, 0) is 37.1 Å². The van der Waals surface area contributed by atoms with Gasteiger partial charge in [-0.15, -0.1) is 13.2 Å². The maximum absolute atomic E-state index is 13.6. The molecule has 0 atom stereocenters. The molecule has 1 saturated carbocycles. The molecular formula is C29H37F3N4O4. The number of anilines is 3. The van der Waals surface area contributed by atoms with Crippen molar-refractivity contribution in [1.82, 2.24) is 4.90 Å². The lowest BCUT2D eigenvalue weighted by Crippen LogP contribution is -2.49. The molecule has 0 aromatic heterocycles. The molecule has 1 N–H and O–H groups in total. The highest BCUT2D eigenvalue weighted by atomic mass is 19.4. The number of halogens is 3. The zero-order valence-electron chi connectivity index (χ0n) is 23.0. The molecule has 1 aliphatic heterocycles. The second kappa shape index (κ2) is 13.3. The first-order valence-electron chi connectivity index (χ1n) is 13.7. The molecule has 1 aliphatic carbocycles. The van der Waals surface area contributed by atoms with E-state index in [9.17, 15) is 22.8 Å². The van der Waals surface area contributed by atoms with E-state index in [1.54, 1.807) is 19.2 Å². The van der Waals surface area contributed by atoms with Gasteiger partial charge in [-0.25, -0.2) is 0 Å². The molecule has 1 saturated heterocycles. The van der Waals surface area contributed by atoms with E-state index in [0.29, 0.717) is 44.2 Å². The van der Waals surface area contributed by atoms with E-state index in [4.69, 9.17) is 4.74 Å². The van der Waals surface area contributed by atoms with E-state index < -0.39 is 6.36 Å². The molecule has 2 amide bonds. The van der Waals surface area contributed by atoms with Crippen LogP contribution in [0.4, 0.5) is 30.2 Å². The van der Waals surface area contributed by atoms with Gasteiger partial charge in [0.15, 0.2) is 5.75 Å². The molecule has 1 heterocycles. The highest BCUT2D eigenvalue weighted by Gasteiger charge is 2.35. The van der Waals surface area contributed by atoms with Crippen molar-refractivity contribution in [3.05, 3.63) is 42.5 Å². The summed E-state index contributed by atoms with van der Waals surface area (Å²) in [4.78, 5) is 30.9. The largest absolute Gasteiger partial charge is 0.573 e. The minimum atomic E-state index is -4.85. The molecular weight excluding hydrogens is 525 g/mol. The number of amides is 2. The van der Waals surface area contributed by atoms with Crippen molar-refractivity contribution in [2.75, 3.05) is 61.5 Å². The molecule has 2 aromatic rings. The van der Waals surface area contributed by atoms with Crippen LogP contribution in [0.5, 0.6) is 11.5 Å². The zero-order chi connectivity index (χ0) is 28.7. The number of carbonyl (C=O) groups excluding carboxylic acids is 2. The highest BCUT2D eigenvalue weighted by molar-refractivity contribution is 5.96. The first kappa shape index (κ1) is 29.5. The Kier molecular flexibility index (Phi) is 9.78. The molecule has 4 rings (SSSR count). The summed E-state index contributed by atoms with van der Waals surface area (Å²) < 4.78 is 49.3. The summed E-state index contributed by atoms with van der Waals surface area (Å²) in [6.45, 7) is 5.07. The van der Waals surface area contributed by atoms with Crippen molar-refractivity contribution in [2.45, 2.75) is 45.4 Å². The molecule has 40 heavy (non-hydrogen) atoms. The van der Waals surface area contributed by atoms with Crippen molar-refractivity contribution >= 4 is 28.9 Å². The summed E-state index contributed by atoms with van der Waals surface area (Å²) in [5.41, 5.74) is 1.73. The number of nitrogens with zero attached hydrogens (tertiary/aromatic N) is 3. The van der Waals surface area contributed by atoms with Gasteiger partial charge in [0, 0.05) is 63.9 Å². The van der Waals surface area contributed by atoms with Crippen LogP contribution in [0.15, 0.2) is 42.5 Å². The van der Waals surface area contributed by atoms with Gasteiger partial charge in [0.1, 0.15) is 5.75 Å². The predicted molar refractivity (Wildman–Crippen MR) is 148 cm³/mol. The first-order chi connectivity index (χ1) is 19.1. The average Bonchev–Trinajstić information content (AvgIpc) is 2.93. The van der Waals surface area contributed by atoms with Crippen molar-refractivity contribution in [3.8, 4) is 11.5 Å². The number of methoxy groups -OCH3 is 1. The molecule has 0 unspecified atom stereocenters. The first-order valence-corrected chi connectivity index (χ1v) is 13.7. The van der Waals surface area contributed by atoms with Gasteiger partial charge in [0.05, 0.1) is 18.5 Å². The Morgan fingerprint density at radius 1 is 1.00 bits per heavy atom. The lowest BCUT2D eigenvalue weighted by Gasteiger charge is -2.38. The average molecular weight is 563 g/mol. The van der Waals surface area contributed by atoms with Crippen LogP contribution in [-0.2, 0) is 9.59 Å².